The topological polar surface area (TPSA) is 72.4 Å². The summed E-state index contributed by atoms with van der Waals surface area (Å²) in [4.78, 5) is 23.9. The van der Waals surface area contributed by atoms with Crippen LogP contribution in [0.4, 0.5) is 0 Å². The van der Waals surface area contributed by atoms with E-state index in [9.17, 15) is 9.59 Å². The third-order valence-corrected chi connectivity index (χ3v) is 2.82. The van der Waals surface area contributed by atoms with Crippen LogP contribution < -0.4 is 0 Å². The van der Waals surface area contributed by atoms with Gasteiger partial charge in [0.25, 0.3) is 5.91 Å². The molecule has 0 fully saturated rings. The summed E-state index contributed by atoms with van der Waals surface area (Å²) < 4.78 is 4.68. The maximum atomic E-state index is 11.7. The number of methoxy groups -OCH3 is 1. The van der Waals surface area contributed by atoms with Crippen molar-refractivity contribution in [3.8, 4) is 0 Å². The molecule has 1 amide bonds. The van der Waals surface area contributed by atoms with Gasteiger partial charge in [-0.25, -0.2) is 0 Å². The molecular formula is C8H10ClN3O3S. The highest BCUT2D eigenvalue weighted by molar-refractivity contribution is 7.17. The molecule has 1 rings (SSSR count). The van der Waals surface area contributed by atoms with Crippen LogP contribution >= 0.6 is 22.9 Å². The fourth-order valence-electron chi connectivity index (χ4n) is 0.918. The van der Waals surface area contributed by atoms with Gasteiger partial charge < -0.3 is 9.64 Å². The van der Waals surface area contributed by atoms with Gasteiger partial charge in [-0.2, -0.15) is 0 Å². The number of hydrogen-bond donors (Lipinski definition) is 0. The van der Waals surface area contributed by atoms with Crippen LogP contribution in [0.3, 0.4) is 0 Å². The second-order valence-corrected chi connectivity index (χ2v) is 4.47. The number of amides is 1. The lowest BCUT2D eigenvalue weighted by Crippen LogP contribution is -2.29. The van der Waals surface area contributed by atoms with E-state index in [-0.39, 0.29) is 34.3 Å². The summed E-state index contributed by atoms with van der Waals surface area (Å²) in [6.45, 7) is 0.267. The van der Waals surface area contributed by atoms with Crippen molar-refractivity contribution in [2.75, 3.05) is 20.7 Å². The molecule has 0 saturated carbocycles. The van der Waals surface area contributed by atoms with Crippen molar-refractivity contribution >= 4 is 34.8 Å². The minimum Gasteiger partial charge on any atom is -0.469 e. The molecule has 16 heavy (non-hydrogen) atoms. The fraction of sp³-hybridized carbons (Fsp3) is 0.500. The SMILES string of the molecule is COC(=O)CCN(C)C(=O)c1nnc(Cl)s1. The first kappa shape index (κ1) is 12.9. The van der Waals surface area contributed by atoms with E-state index in [0.717, 1.165) is 11.3 Å². The lowest BCUT2D eigenvalue weighted by atomic mass is 10.4. The predicted molar refractivity (Wildman–Crippen MR) is 58.5 cm³/mol. The van der Waals surface area contributed by atoms with Crippen molar-refractivity contribution in [2.45, 2.75) is 6.42 Å². The largest absolute Gasteiger partial charge is 0.469 e. The molecule has 0 bridgehead atoms. The van der Waals surface area contributed by atoms with Crippen molar-refractivity contribution in [2.24, 2.45) is 0 Å². The molecule has 0 saturated heterocycles. The number of ether oxygens (including phenoxy) is 1. The Balaban J connectivity index is 2.51. The van der Waals surface area contributed by atoms with Gasteiger partial charge in [0.05, 0.1) is 13.5 Å². The van der Waals surface area contributed by atoms with E-state index in [1.165, 1.54) is 12.0 Å². The first-order chi connectivity index (χ1) is 7.54. The molecule has 1 heterocycles. The zero-order chi connectivity index (χ0) is 12.1. The molecule has 1 aromatic rings. The van der Waals surface area contributed by atoms with E-state index < -0.39 is 0 Å². The highest BCUT2D eigenvalue weighted by Gasteiger charge is 2.17. The molecule has 6 nitrogen and oxygen atoms in total. The number of nitrogens with zero attached hydrogens (tertiary/aromatic N) is 3. The van der Waals surface area contributed by atoms with E-state index in [0.29, 0.717) is 0 Å². The maximum Gasteiger partial charge on any atom is 0.307 e. The molecular weight excluding hydrogens is 254 g/mol. The Morgan fingerprint density at radius 1 is 1.50 bits per heavy atom. The summed E-state index contributed by atoms with van der Waals surface area (Å²) >= 11 is 6.56. The number of carbonyl (C=O) groups is 2. The highest BCUT2D eigenvalue weighted by atomic mass is 35.5. The minimum absolute atomic E-state index is 0.144. The van der Waals surface area contributed by atoms with Gasteiger partial charge in [0, 0.05) is 13.6 Å². The number of halogens is 1. The standard InChI is InChI=1S/C8H10ClN3O3S/c1-12(4-3-5(13)15-2)7(14)6-10-11-8(9)16-6/h3-4H2,1-2H3. The summed E-state index contributed by atoms with van der Waals surface area (Å²) in [6.07, 6.45) is 0.144. The Morgan fingerprint density at radius 3 is 2.69 bits per heavy atom. The van der Waals surface area contributed by atoms with E-state index in [1.54, 1.807) is 7.05 Å². The smallest absolute Gasteiger partial charge is 0.307 e. The monoisotopic (exact) mass is 263 g/mol. The molecule has 1 aromatic heterocycles. The number of esters is 1. The minimum atomic E-state index is -0.366. The van der Waals surface area contributed by atoms with Gasteiger partial charge in [-0.1, -0.05) is 11.3 Å². The molecule has 0 spiro atoms. The molecule has 88 valence electrons. The molecule has 0 atom stereocenters. The second-order valence-electron chi connectivity index (χ2n) is 2.91. The average Bonchev–Trinajstić information content (AvgIpc) is 2.71. The molecule has 0 aliphatic rings. The Bertz CT molecular complexity index is 396. The first-order valence-corrected chi connectivity index (χ1v) is 5.55. The molecule has 0 unspecified atom stereocenters. The van der Waals surface area contributed by atoms with Crippen LogP contribution in [-0.2, 0) is 9.53 Å². The van der Waals surface area contributed by atoms with E-state index in [1.807, 2.05) is 0 Å². The van der Waals surface area contributed by atoms with Gasteiger partial charge in [0.2, 0.25) is 9.47 Å². The van der Waals surface area contributed by atoms with E-state index in [2.05, 4.69) is 14.9 Å². The molecule has 0 aliphatic heterocycles. The van der Waals surface area contributed by atoms with Crippen molar-refractivity contribution in [3.63, 3.8) is 0 Å². The molecule has 0 N–H and O–H groups in total. The third kappa shape index (κ3) is 3.42. The van der Waals surface area contributed by atoms with Gasteiger partial charge in [0.15, 0.2) is 0 Å². The summed E-state index contributed by atoms with van der Waals surface area (Å²) in [7, 11) is 2.87. The average molecular weight is 264 g/mol. The summed E-state index contributed by atoms with van der Waals surface area (Å²) in [5.74, 6) is -0.678. The van der Waals surface area contributed by atoms with Crippen molar-refractivity contribution < 1.29 is 14.3 Å². The highest BCUT2D eigenvalue weighted by Crippen LogP contribution is 2.16. The van der Waals surface area contributed by atoms with Gasteiger partial charge >= 0.3 is 5.97 Å². The van der Waals surface area contributed by atoms with Crippen LogP contribution in [0.1, 0.15) is 16.2 Å². The Morgan fingerprint density at radius 2 is 2.19 bits per heavy atom. The van der Waals surface area contributed by atoms with Crippen molar-refractivity contribution in [3.05, 3.63) is 9.47 Å². The van der Waals surface area contributed by atoms with E-state index >= 15 is 0 Å². The van der Waals surface area contributed by atoms with Gasteiger partial charge in [0.1, 0.15) is 0 Å². The predicted octanol–water partition coefficient (Wildman–Crippen LogP) is 0.827. The van der Waals surface area contributed by atoms with Crippen molar-refractivity contribution in [1.29, 1.82) is 0 Å². The quantitative estimate of drug-likeness (QED) is 0.753. The first-order valence-electron chi connectivity index (χ1n) is 4.36. The Labute approximate surface area is 101 Å². The summed E-state index contributed by atoms with van der Waals surface area (Å²) in [5.41, 5.74) is 0. The summed E-state index contributed by atoms with van der Waals surface area (Å²) in [6, 6.07) is 0. The lowest BCUT2D eigenvalue weighted by Gasteiger charge is -2.13. The molecule has 0 aromatic carbocycles. The third-order valence-electron chi connectivity index (χ3n) is 1.81. The molecule has 0 aliphatic carbocycles. The van der Waals surface area contributed by atoms with Crippen LogP contribution in [0.2, 0.25) is 4.47 Å². The van der Waals surface area contributed by atoms with Crippen LogP contribution in [0.15, 0.2) is 0 Å². The zero-order valence-electron chi connectivity index (χ0n) is 8.77. The van der Waals surface area contributed by atoms with Crippen LogP contribution in [-0.4, -0.2) is 47.7 Å². The molecule has 8 heteroatoms. The van der Waals surface area contributed by atoms with Crippen LogP contribution in [0, 0.1) is 0 Å². The number of rotatable bonds is 4. The van der Waals surface area contributed by atoms with Gasteiger partial charge in [-0.3, -0.25) is 9.59 Å². The zero-order valence-corrected chi connectivity index (χ0v) is 10.3. The Kier molecular flexibility index (Phi) is 4.63. The number of hydrogen-bond acceptors (Lipinski definition) is 6. The lowest BCUT2D eigenvalue weighted by molar-refractivity contribution is -0.140. The Hall–Kier alpha value is -1.21. The maximum absolute atomic E-state index is 11.7. The number of aromatic nitrogens is 2. The molecule has 0 radical (unpaired) electrons. The van der Waals surface area contributed by atoms with Crippen LogP contribution in [0.5, 0.6) is 0 Å². The fourth-order valence-corrected chi connectivity index (χ4v) is 1.74. The summed E-state index contributed by atoms with van der Waals surface area (Å²) in [5, 5.41) is 7.35. The normalized spacial score (nSPS) is 9.94. The van der Waals surface area contributed by atoms with Crippen molar-refractivity contribution in [1.82, 2.24) is 15.1 Å². The van der Waals surface area contributed by atoms with Gasteiger partial charge in [-0.05, 0) is 11.6 Å². The van der Waals surface area contributed by atoms with Gasteiger partial charge in [-0.15, -0.1) is 10.2 Å². The number of carbonyl (C=O) groups excluding carboxylic acids is 2. The second kappa shape index (κ2) is 5.76. The van der Waals surface area contributed by atoms with Crippen LogP contribution in [0.25, 0.3) is 0 Å². The van der Waals surface area contributed by atoms with E-state index in [4.69, 9.17) is 11.6 Å².